The summed E-state index contributed by atoms with van der Waals surface area (Å²) in [6, 6.07) is 13.6. The van der Waals surface area contributed by atoms with Crippen molar-refractivity contribution in [2.45, 2.75) is 19.8 Å². The molecule has 0 aliphatic heterocycles. The molecule has 25 heavy (non-hydrogen) atoms. The fourth-order valence-electron chi connectivity index (χ4n) is 3.10. The molecule has 2 heteroatoms. The van der Waals surface area contributed by atoms with E-state index in [-0.39, 0.29) is 17.6 Å². The molecule has 1 unspecified atom stereocenters. The van der Waals surface area contributed by atoms with Crippen LogP contribution in [0.25, 0.3) is 0 Å². The zero-order valence-corrected chi connectivity index (χ0v) is 15.2. The maximum absolute atomic E-state index is 9.64. The molecule has 0 fully saturated rings. The summed E-state index contributed by atoms with van der Waals surface area (Å²) in [5, 5.41) is 9.64. The minimum absolute atomic E-state index is 0.133. The largest absolute Gasteiger partial charge is 0.508 e. The lowest BCUT2D eigenvalue weighted by molar-refractivity contribution is 0.414. The molecule has 130 valence electrons. The Bertz CT molecular complexity index is 769. The Balaban J connectivity index is 2.52. The maximum atomic E-state index is 9.64. The average Bonchev–Trinajstić information content (AvgIpc) is 2.62. The van der Waals surface area contributed by atoms with Gasteiger partial charge >= 0.3 is 0 Å². The molecule has 2 nitrogen and oxygen atoms in total. The number of rotatable bonds is 7. The third-order valence-electron chi connectivity index (χ3n) is 4.60. The highest BCUT2D eigenvalue weighted by Crippen LogP contribution is 2.38. The van der Waals surface area contributed by atoms with Crippen LogP contribution < -0.4 is 4.74 Å². The van der Waals surface area contributed by atoms with Crippen LogP contribution in [-0.4, -0.2) is 12.2 Å². The van der Waals surface area contributed by atoms with E-state index in [0.29, 0.717) is 0 Å². The van der Waals surface area contributed by atoms with E-state index in [2.05, 4.69) is 39.1 Å². The number of aromatic hydroxyl groups is 1. The number of aryl methyl sites for hydroxylation is 1. The van der Waals surface area contributed by atoms with Gasteiger partial charge in [0.05, 0.1) is 7.11 Å². The van der Waals surface area contributed by atoms with Gasteiger partial charge in [-0.05, 0) is 53.8 Å². The van der Waals surface area contributed by atoms with Gasteiger partial charge in [-0.15, -0.1) is 0 Å². The summed E-state index contributed by atoms with van der Waals surface area (Å²) in [4.78, 5) is 0. The third-order valence-corrected chi connectivity index (χ3v) is 4.60. The Morgan fingerprint density at radius 1 is 1.16 bits per heavy atom. The first-order valence-electron chi connectivity index (χ1n) is 8.39. The van der Waals surface area contributed by atoms with Gasteiger partial charge in [0, 0.05) is 5.92 Å². The summed E-state index contributed by atoms with van der Waals surface area (Å²) >= 11 is 0. The quantitative estimate of drug-likeness (QED) is 0.651. The minimum Gasteiger partial charge on any atom is -0.508 e. The van der Waals surface area contributed by atoms with Crippen LogP contribution in [0.3, 0.4) is 0 Å². The molecule has 2 aromatic carbocycles. The van der Waals surface area contributed by atoms with Gasteiger partial charge in [0.25, 0.3) is 0 Å². The first kappa shape index (κ1) is 18.6. The number of phenols is 1. The van der Waals surface area contributed by atoms with Crippen LogP contribution in [0.2, 0.25) is 0 Å². The van der Waals surface area contributed by atoms with Gasteiger partial charge in [-0.25, -0.2) is 0 Å². The average molecular weight is 334 g/mol. The zero-order valence-electron chi connectivity index (χ0n) is 15.2. The molecule has 0 spiro atoms. The van der Waals surface area contributed by atoms with Crippen molar-refractivity contribution < 1.29 is 9.84 Å². The molecule has 2 aromatic rings. The van der Waals surface area contributed by atoms with Gasteiger partial charge in [-0.1, -0.05) is 62.1 Å². The van der Waals surface area contributed by atoms with Crippen molar-refractivity contribution in [2.24, 2.45) is 5.92 Å². The molecule has 0 aliphatic rings. The Hall–Kier alpha value is -2.74. The monoisotopic (exact) mass is 334 g/mol. The molecule has 2 atom stereocenters. The molecule has 1 N–H and O–H groups in total. The molecule has 0 aromatic heterocycles. The van der Waals surface area contributed by atoms with Gasteiger partial charge in [-0.3, -0.25) is 0 Å². The molecular formula is C23H26O2. The van der Waals surface area contributed by atoms with Crippen molar-refractivity contribution in [1.29, 1.82) is 0 Å². The highest BCUT2D eigenvalue weighted by atomic mass is 16.5. The summed E-state index contributed by atoms with van der Waals surface area (Å²) in [5.74, 6) is 1.44. The van der Waals surface area contributed by atoms with E-state index in [4.69, 9.17) is 4.74 Å². The number of hydrogen-bond acceptors (Lipinski definition) is 2. The molecular weight excluding hydrogens is 308 g/mol. The highest BCUT2D eigenvalue weighted by molar-refractivity contribution is 5.45. The van der Waals surface area contributed by atoms with Crippen molar-refractivity contribution >= 4 is 0 Å². The van der Waals surface area contributed by atoms with Crippen molar-refractivity contribution in [1.82, 2.24) is 0 Å². The lowest BCUT2D eigenvalue weighted by atomic mass is 9.77. The third kappa shape index (κ3) is 4.42. The molecule has 0 aliphatic carbocycles. The van der Waals surface area contributed by atoms with E-state index in [0.717, 1.165) is 16.9 Å². The van der Waals surface area contributed by atoms with E-state index in [9.17, 15) is 5.11 Å². The second-order valence-corrected chi connectivity index (χ2v) is 6.25. The molecule has 0 saturated heterocycles. The number of phenolic OH excluding ortho intramolecular Hbond substituents is 1. The molecule has 0 bridgehead atoms. The maximum Gasteiger partial charge on any atom is 0.119 e. The molecule has 0 saturated carbocycles. The SMILES string of the molecule is C=C/C=C\C(=C)C(C)[C@H](c1ccc(O)cc1)c1ccc(OC)cc1C. The number of ether oxygens (including phenoxy) is 1. The Morgan fingerprint density at radius 3 is 2.40 bits per heavy atom. The molecule has 0 amide bonds. The van der Waals surface area contributed by atoms with E-state index in [1.165, 1.54) is 11.1 Å². The normalized spacial score (nSPS) is 13.4. The minimum atomic E-state index is 0.133. The number of allylic oxidation sites excluding steroid dienone is 4. The first-order valence-corrected chi connectivity index (χ1v) is 8.39. The van der Waals surface area contributed by atoms with Crippen molar-refractivity contribution in [3.63, 3.8) is 0 Å². The standard InChI is InChI=1S/C23H26O2/c1-6-7-8-16(2)18(4)23(19-9-11-20(24)12-10-19)22-14-13-21(25-5)15-17(22)3/h6-15,18,23-24H,1-2H2,3-5H3/b8-7-/t18?,23-/m1/s1. The van der Waals surface area contributed by atoms with E-state index >= 15 is 0 Å². The summed E-state index contributed by atoms with van der Waals surface area (Å²) in [5.41, 5.74) is 4.58. The van der Waals surface area contributed by atoms with E-state index in [1.54, 1.807) is 25.3 Å². The highest BCUT2D eigenvalue weighted by Gasteiger charge is 2.24. The predicted octanol–water partition coefficient (Wildman–Crippen LogP) is 5.78. The molecule has 2 rings (SSSR count). The number of methoxy groups -OCH3 is 1. The fourth-order valence-corrected chi connectivity index (χ4v) is 3.10. The number of hydrogen-bond donors (Lipinski definition) is 1. The van der Waals surface area contributed by atoms with Gasteiger partial charge in [0.1, 0.15) is 11.5 Å². The van der Waals surface area contributed by atoms with Gasteiger partial charge in [-0.2, -0.15) is 0 Å². The second kappa shape index (κ2) is 8.39. The van der Waals surface area contributed by atoms with Crippen LogP contribution in [0.1, 0.15) is 29.5 Å². The molecule has 0 heterocycles. The first-order chi connectivity index (χ1) is 12.0. The number of benzene rings is 2. The second-order valence-electron chi connectivity index (χ2n) is 6.25. The Morgan fingerprint density at radius 2 is 1.84 bits per heavy atom. The van der Waals surface area contributed by atoms with Crippen LogP contribution in [0, 0.1) is 12.8 Å². The van der Waals surface area contributed by atoms with Crippen molar-refractivity contribution in [2.75, 3.05) is 7.11 Å². The van der Waals surface area contributed by atoms with Gasteiger partial charge in [0.15, 0.2) is 0 Å². The summed E-state index contributed by atoms with van der Waals surface area (Å²) in [6.45, 7) is 12.2. The lowest BCUT2D eigenvalue weighted by Crippen LogP contribution is -2.14. The van der Waals surface area contributed by atoms with Crippen LogP contribution >= 0.6 is 0 Å². The molecule has 0 radical (unpaired) electrons. The van der Waals surface area contributed by atoms with Gasteiger partial charge in [0.2, 0.25) is 0 Å². The summed E-state index contributed by atoms with van der Waals surface area (Å²) in [6.07, 6.45) is 5.67. The lowest BCUT2D eigenvalue weighted by Gasteiger charge is -2.27. The van der Waals surface area contributed by atoms with Gasteiger partial charge < -0.3 is 9.84 Å². The summed E-state index contributed by atoms with van der Waals surface area (Å²) < 4.78 is 5.34. The zero-order chi connectivity index (χ0) is 18.4. The topological polar surface area (TPSA) is 29.5 Å². The van der Waals surface area contributed by atoms with E-state index in [1.807, 2.05) is 30.4 Å². The Labute approximate surface area is 150 Å². The van der Waals surface area contributed by atoms with E-state index < -0.39 is 0 Å². The fraction of sp³-hybridized carbons (Fsp3) is 0.217. The Kier molecular flexibility index (Phi) is 6.24. The summed E-state index contributed by atoms with van der Waals surface area (Å²) in [7, 11) is 1.68. The van der Waals surface area contributed by atoms with Crippen LogP contribution in [0.4, 0.5) is 0 Å². The smallest absolute Gasteiger partial charge is 0.119 e. The van der Waals surface area contributed by atoms with Crippen molar-refractivity contribution in [3.05, 3.63) is 96.1 Å². The van der Waals surface area contributed by atoms with Crippen LogP contribution in [0.15, 0.2) is 79.4 Å². The van der Waals surface area contributed by atoms with Crippen molar-refractivity contribution in [3.8, 4) is 11.5 Å². The van der Waals surface area contributed by atoms with Crippen LogP contribution in [-0.2, 0) is 0 Å². The predicted molar refractivity (Wildman–Crippen MR) is 105 cm³/mol. The van der Waals surface area contributed by atoms with Crippen LogP contribution in [0.5, 0.6) is 11.5 Å².